The van der Waals surface area contributed by atoms with E-state index in [2.05, 4.69) is 39.0 Å². The van der Waals surface area contributed by atoms with Crippen LogP contribution in [0.25, 0.3) is 0 Å². The Morgan fingerprint density at radius 3 is 2.24 bits per heavy atom. The SMILES string of the molecule is CCc1ccc(C(O)C2(C#N)CCC(C(C)C)CC2)cc1. The van der Waals surface area contributed by atoms with Crippen molar-refractivity contribution < 1.29 is 5.11 Å². The number of benzene rings is 1. The number of aryl methyl sites for hydroxylation is 1. The van der Waals surface area contributed by atoms with Gasteiger partial charge in [0, 0.05) is 0 Å². The van der Waals surface area contributed by atoms with Crippen LogP contribution < -0.4 is 0 Å². The molecule has 2 heteroatoms. The van der Waals surface area contributed by atoms with E-state index < -0.39 is 11.5 Å². The lowest BCUT2D eigenvalue weighted by molar-refractivity contribution is 0.0190. The van der Waals surface area contributed by atoms with Crippen molar-refractivity contribution in [2.45, 2.75) is 59.0 Å². The van der Waals surface area contributed by atoms with Crippen LogP contribution in [0.1, 0.15) is 63.7 Å². The first-order chi connectivity index (χ1) is 10.0. The molecule has 1 unspecified atom stereocenters. The molecule has 0 amide bonds. The summed E-state index contributed by atoms with van der Waals surface area (Å²) in [6, 6.07) is 10.5. The van der Waals surface area contributed by atoms with Crippen LogP contribution in [-0.4, -0.2) is 5.11 Å². The summed E-state index contributed by atoms with van der Waals surface area (Å²) in [7, 11) is 0. The Morgan fingerprint density at radius 1 is 1.24 bits per heavy atom. The normalized spacial score (nSPS) is 27.3. The fourth-order valence-electron chi connectivity index (χ4n) is 3.52. The van der Waals surface area contributed by atoms with E-state index in [-0.39, 0.29) is 0 Å². The van der Waals surface area contributed by atoms with Gasteiger partial charge in [-0.05, 0) is 55.1 Å². The van der Waals surface area contributed by atoms with Crippen molar-refractivity contribution in [1.29, 1.82) is 5.26 Å². The van der Waals surface area contributed by atoms with Crippen LogP contribution in [0.15, 0.2) is 24.3 Å². The van der Waals surface area contributed by atoms with Gasteiger partial charge in [-0.2, -0.15) is 5.26 Å². The van der Waals surface area contributed by atoms with Crippen molar-refractivity contribution in [2.75, 3.05) is 0 Å². The van der Waals surface area contributed by atoms with Crippen LogP contribution >= 0.6 is 0 Å². The summed E-state index contributed by atoms with van der Waals surface area (Å²) >= 11 is 0. The molecule has 114 valence electrons. The van der Waals surface area contributed by atoms with Gasteiger partial charge < -0.3 is 5.11 Å². The molecule has 0 spiro atoms. The first-order valence-electron chi connectivity index (χ1n) is 8.20. The molecule has 0 bridgehead atoms. The molecule has 0 radical (unpaired) electrons. The summed E-state index contributed by atoms with van der Waals surface area (Å²) in [4.78, 5) is 0. The van der Waals surface area contributed by atoms with Gasteiger partial charge in [-0.15, -0.1) is 0 Å². The van der Waals surface area contributed by atoms with Gasteiger partial charge in [0.2, 0.25) is 0 Å². The molecule has 1 aliphatic carbocycles. The maximum Gasteiger partial charge on any atom is 0.0976 e. The highest BCUT2D eigenvalue weighted by Crippen LogP contribution is 2.48. The predicted octanol–water partition coefficient (Wildman–Crippen LogP) is 4.64. The van der Waals surface area contributed by atoms with Crippen molar-refractivity contribution in [3.8, 4) is 6.07 Å². The van der Waals surface area contributed by atoms with Gasteiger partial charge in [0.15, 0.2) is 0 Å². The number of rotatable bonds is 4. The Labute approximate surface area is 128 Å². The maximum absolute atomic E-state index is 10.8. The predicted molar refractivity (Wildman–Crippen MR) is 85.6 cm³/mol. The monoisotopic (exact) mass is 285 g/mol. The number of nitrogens with zero attached hydrogens (tertiary/aromatic N) is 1. The standard InChI is InChI=1S/C19H27NO/c1-4-15-5-7-17(8-6-15)18(21)19(13-20)11-9-16(10-12-19)14(2)3/h5-8,14,16,18,21H,4,9-12H2,1-3H3. The largest absolute Gasteiger partial charge is 0.387 e. The van der Waals surface area contributed by atoms with Crippen LogP contribution in [0.5, 0.6) is 0 Å². The zero-order valence-electron chi connectivity index (χ0n) is 13.5. The summed E-state index contributed by atoms with van der Waals surface area (Å²) in [6.07, 6.45) is 4.05. The zero-order chi connectivity index (χ0) is 15.5. The first-order valence-corrected chi connectivity index (χ1v) is 8.20. The number of aliphatic hydroxyl groups is 1. The minimum Gasteiger partial charge on any atom is -0.387 e. The second kappa shape index (κ2) is 6.62. The van der Waals surface area contributed by atoms with Gasteiger partial charge >= 0.3 is 0 Å². The summed E-state index contributed by atoms with van der Waals surface area (Å²) < 4.78 is 0. The van der Waals surface area contributed by atoms with E-state index in [4.69, 9.17) is 0 Å². The highest BCUT2D eigenvalue weighted by atomic mass is 16.3. The summed E-state index contributed by atoms with van der Waals surface area (Å²) in [6.45, 7) is 6.63. The lowest BCUT2D eigenvalue weighted by atomic mass is 9.65. The average Bonchev–Trinajstić information content (AvgIpc) is 2.54. The third kappa shape index (κ3) is 3.30. The van der Waals surface area contributed by atoms with Gasteiger partial charge in [0.05, 0.1) is 17.6 Å². The number of aliphatic hydroxyl groups excluding tert-OH is 1. The minimum atomic E-state index is -0.665. The molecule has 1 atom stereocenters. The highest BCUT2D eigenvalue weighted by Gasteiger charge is 2.42. The molecule has 1 aromatic rings. The van der Waals surface area contributed by atoms with E-state index in [1.165, 1.54) is 5.56 Å². The van der Waals surface area contributed by atoms with Crippen LogP contribution in [0.2, 0.25) is 0 Å². The summed E-state index contributed by atoms with van der Waals surface area (Å²) in [5.74, 6) is 1.36. The molecule has 1 aromatic carbocycles. The molecular formula is C19H27NO. The molecule has 1 aliphatic rings. The van der Waals surface area contributed by atoms with Gasteiger partial charge in [0.25, 0.3) is 0 Å². The van der Waals surface area contributed by atoms with E-state index in [1.54, 1.807) is 0 Å². The molecule has 0 aliphatic heterocycles. The molecule has 0 saturated heterocycles. The molecule has 21 heavy (non-hydrogen) atoms. The summed E-state index contributed by atoms with van der Waals surface area (Å²) in [5.41, 5.74) is 1.55. The molecule has 2 rings (SSSR count). The third-order valence-electron chi connectivity index (χ3n) is 5.32. The van der Waals surface area contributed by atoms with E-state index in [0.29, 0.717) is 11.8 Å². The Hall–Kier alpha value is -1.33. The van der Waals surface area contributed by atoms with Crippen molar-refractivity contribution in [1.82, 2.24) is 0 Å². The van der Waals surface area contributed by atoms with Crippen LogP contribution in [0, 0.1) is 28.6 Å². The van der Waals surface area contributed by atoms with Crippen molar-refractivity contribution in [3.63, 3.8) is 0 Å². The lowest BCUT2D eigenvalue weighted by Gasteiger charge is -2.39. The molecule has 2 nitrogen and oxygen atoms in total. The van der Waals surface area contributed by atoms with E-state index in [9.17, 15) is 10.4 Å². The highest BCUT2D eigenvalue weighted by molar-refractivity contribution is 5.27. The molecular weight excluding hydrogens is 258 g/mol. The van der Waals surface area contributed by atoms with Crippen molar-refractivity contribution in [2.24, 2.45) is 17.3 Å². The first kappa shape index (κ1) is 16.0. The Balaban J connectivity index is 2.15. The fourth-order valence-corrected chi connectivity index (χ4v) is 3.52. The molecule has 1 fully saturated rings. The molecule has 1 N–H and O–H groups in total. The molecule has 1 saturated carbocycles. The van der Waals surface area contributed by atoms with E-state index >= 15 is 0 Å². The van der Waals surface area contributed by atoms with Crippen LogP contribution in [0.3, 0.4) is 0 Å². The fraction of sp³-hybridized carbons (Fsp3) is 0.632. The van der Waals surface area contributed by atoms with Gasteiger partial charge in [-0.3, -0.25) is 0 Å². The Kier molecular flexibility index (Phi) is 5.06. The van der Waals surface area contributed by atoms with E-state index in [0.717, 1.165) is 37.7 Å². The Morgan fingerprint density at radius 2 is 1.81 bits per heavy atom. The average molecular weight is 285 g/mol. The molecule has 0 heterocycles. The van der Waals surface area contributed by atoms with Crippen molar-refractivity contribution in [3.05, 3.63) is 35.4 Å². The van der Waals surface area contributed by atoms with Crippen LogP contribution in [0.4, 0.5) is 0 Å². The van der Waals surface area contributed by atoms with Gasteiger partial charge in [-0.25, -0.2) is 0 Å². The third-order valence-corrected chi connectivity index (χ3v) is 5.32. The van der Waals surface area contributed by atoms with Gasteiger partial charge in [-0.1, -0.05) is 45.0 Å². The Bertz CT molecular complexity index is 489. The quantitative estimate of drug-likeness (QED) is 0.876. The second-order valence-corrected chi connectivity index (χ2v) is 6.85. The number of hydrogen-bond donors (Lipinski definition) is 1. The topological polar surface area (TPSA) is 44.0 Å². The molecule has 0 aromatic heterocycles. The van der Waals surface area contributed by atoms with E-state index in [1.807, 2.05) is 12.1 Å². The second-order valence-electron chi connectivity index (χ2n) is 6.85. The van der Waals surface area contributed by atoms with Crippen LogP contribution in [-0.2, 0) is 6.42 Å². The zero-order valence-corrected chi connectivity index (χ0v) is 13.5. The smallest absolute Gasteiger partial charge is 0.0976 e. The number of hydrogen-bond acceptors (Lipinski definition) is 2. The maximum atomic E-state index is 10.8. The van der Waals surface area contributed by atoms with Gasteiger partial charge in [0.1, 0.15) is 0 Å². The summed E-state index contributed by atoms with van der Waals surface area (Å²) in [5, 5.41) is 20.5. The number of nitriles is 1. The minimum absolute atomic E-state index is 0.598. The van der Waals surface area contributed by atoms with Crippen molar-refractivity contribution >= 4 is 0 Å². The lowest BCUT2D eigenvalue weighted by Crippen LogP contribution is -2.33.